The van der Waals surface area contributed by atoms with Gasteiger partial charge in [0.05, 0.1) is 6.61 Å². The zero-order valence-electron chi connectivity index (χ0n) is 14.4. The third-order valence-corrected chi connectivity index (χ3v) is 6.75. The molecule has 0 radical (unpaired) electrons. The SMILES string of the molecule is C[SiH2]Cc1ccc2cc(OCCCCC[SiH](C)C)ccc2c1. The molecule has 0 amide bonds. The number of benzene rings is 2. The second-order valence-electron chi connectivity index (χ2n) is 6.68. The first-order chi connectivity index (χ1) is 10.7. The number of unbranched alkanes of at least 4 members (excludes halogenated alkanes) is 2. The van der Waals surface area contributed by atoms with E-state index < -0.39 is 0 Å². The van der Waals surface area contributed by atoms with Crippen LogP contribution in [0.4, 0.5) is 0 Å². The molecule has 0 N–H and O–H groups in total. The van der Waals surface area contributed by atoms with Crippen molar-refractivity contribution in [3.8, 4) is 5.75 Å². The van der Waals surface area contributed by atoms with Crippen LogP contribution in [-0.2, 0) is 6.04 Å². The fourth-order valence-corrected chi connectivity index (χ4v) is 4.82. The normalized spacial score (nSPS) is 11.8. The lowest BCUT2D eigenvalue weighted by molar-refractivity contribution is 0.306. The van der Waals surface area contributed by atoms with Gasteiger partial charge in [0.25, 0.3) is 0 Å². The smallest absolute Gasteiger partial charge is 0.119 e. The molecule has 0 aliphatic heterocycles. The number of ether oxygens (including phenoxy) is 1. The third-order valence-electron chi connectivity index (χ3n) is 4.11. The Balaban J connectivity index is 1.83. The van der Waals surface area contributed by atoms with Gasteiger partial charge in [-0.1, -0.05) is 68.4 Å². The molecule has 1 nitrogen and oxygen atoms in total. The summed E-state index contributed by atoms with van der Waals surface area (Å²) < 4.78 is 5.92. The number of fused-ring (bicyclic) bond motifs is 1. The predicted molar refractivity (Wildman–Crippen MR) is 105 cm³/mol. The minimum Gasteiger partial charge on any atom is -0.494 e. The molecule has 0 heterocycles. The van der Waals surface area contributed by atoms with E-state index in [1.54, 1.807) is 0 Å². The summed E-state index contributed by atoms with van der Waals surface area (Å²) in [5.74, 6) is 1.02. The van der Waals surface area contributed by atoms with Crippen LogP contribution in [0.2, 0.25) is 25.7 Å². The van der Waals surface area contributed by atoms with Crippen molar-refractivity contribution < 1.29 is 4.74 Å². The van der Waals surface area contributed by atoms with Crippen molar-refractivity contribution in [3.63, 3.8) is 0 Å². The minimum absolute atomic E-state index is 0.0954. The molecule has 2 aromatic rings. The maximum atomic E-state index is 5.92. The van der Waals surface area contributed by atoms with Crippen LogP contribution >= 0.6 is 0 Å². The van der Waals surface area contributed by atoms with E-state index in [4.69, 9.17) is 4.74 Å². The van der Waals surface area contributed by atoms with Gasteiger partial charge >= 0.3 is 0 Å². The molecule has 0 fully saturated rings. The molecule has 2 rings (SSSR count). The summed E-state index contributed by atoms with van der Waals surface area (Å²) in [5, 5.41) is 2.64. The van der Waals surface area contributed by atoms with Crippen molar-refractivity contribution in [1.29, 1.82) is 0 Å². The van der Waals surface area contributed by atoms with Crippen LogP contribution in [0.5, 0.6) is 5.75 Å². The first-order valence-electron chi connectivity index (χ1n) is 8.84. The number of hydrogen-bond acceptors (Lipinski definition) is 1. The maximum Gasteiger partial charge on any atom is 0.119 e. The van der Waals surface area contributed by atoms with Crippen molar-refractivity contribution in [3.05, 3.63) is 42.0 Å². The quantitative estimate of drug-likeness (QED) is 0.482. The predicted octanol–water partition coefficient (Wildman–Crippen LogP) is 4.59. The van der Waals surface area contributed by atoms with E-state index in [1.807, 2.05) is 0 Å². The van der Waals surface area contributed by atoms with Crippen LogP contribution in [0.15, 0.2) is 36.4 Å². The molecule has 0 unspecified atom stereocenters. The van der Waals surface area contributed by atoms with Gasteiger partial charge in [0.1, 0.15) is 5.75 Å². The monoisotopic (exact) mass is 330 g/mol. The largest absolute Gasteiger partial charge is 0.494 e. The highest BCUT2D eigenvalue weighted by atomic mass is 28.3. The van der Waals surface area contributed by atoms with Crippen molar-refractivity contribution in [2.24, 2.45) is 0 Å². The highest BCUT2D eigenvalue weighted by molar-refractivity contribution is 6.55. The Morgan fingerprint density at radius 1 is 0.955 bits per heavy atom. The van der Waals surface area contributed by atoms with Crippen LogP contribution < -0.4 is 4.74 Å². The van der Waals surface area contributed by atoms with Crippen molar-refractivity contribution in [1.82, 2.24) is 0 Å². The highest BCUT2D eigenvalue weighted by Gasteiger charge is 2.00. The molecule has 0 spiro atoms. The van der Waals surface area contributed by atoms with E-state index in [1.165, 1.54) is 47.7 Å². The van der Waals surface area contributed by atoms with E-state index in [-0.39, 0.29) is 18.3 Å². The van der Waals surface area contributed by atoms with Crippen LogP contribution in [0.3, 0.4) is 0 Å². The van der Waals surface area contributed by atoms with Gasteiger partial charge in [-0.2, -0.15) is 0 Å². The van der Waals surface area contributed by atoms with Gasteiger partial charge in [0.15, 0.2) is 0 Å². The molecule has 2 aromatic carbocycles. The lowest BCUT2D eigenvalue weighted by atomic mass is 10.1. The van der Waals surface area contributed by atoms with Crippen LogP contribution in [0.1, 0.15) is 24.8 Å². The molecule has 0 aromatic heterocycles. The number of rotatable bonds is 9. The van der Waals surface area contributed by atoms with Gasteiger partial charge in [0, 0.05) is 18.3 Å². The highest BCUT2D eigenvalue weighted by Crippen LogP contribution is 2.22. The summed E-state index contributed by atoms with van der Waals surface area (Å²) in [6.45, 7) is 8.08. The van der Waals surface area contributed by atoms with E-state index >= 15 is 0 Å². The fourth-order valence-electron chi connectivity index (χ4n) is 2.83. The van der Waals surface area contributed by atoms with Gasteiger partial charge in [-0.3, -0.25) is 0 Å². The van der Waals surface area contributed by atoms with Gasteiger partial charge in [-0.25, -0.2) is 0 Å². The number of hydrogen-bond donors (Lipinski definition) is 0. The molecule has 0 bridgehead atoms. The van der Waals surface area contributed by atoms with E-state index in [9.17, 15) is 0 Å². The Morgan fingerprint density at radius 2 is 1.73 bits per heavy atom. The lowest BCUT2D eigenvalue weighted by Gasteiger charge is -2.09. The third kappa shape index (κ3) is 5.61. The summed E-state index contributed by atoms with van der Waals surface area (Å²) in [6.07, 6.45) is 3.87. The maximum absolute atomic E-state index is 5.92. The second-order valence-corrected chi connectivity index (χ2v) is 11.5. The van der Waals surface area contributed by atoms with Crippen LogP contribution in [0, 0.1) is 0 Å². The molecule has 0 saturated carbocycles. The Morgan fingerprint density at radius 3 is 2.50 bits per heavy atom. The Bertz CT molecular complexity index is 581. The van der Waals surface area contributed by atoms with Gasteiger partial charge in [0.2, 0.25) is 0 Å². The summed E-state index contributed by atoms with van der Waals surface area (Å²) in [5.41, 5.74) is 1.49. The molecule has 120 valence electrons. The molecule has 0 aliphatic rings. The van der Waals surface area contributed by atoms with Crippen LogP contribution in [0.25, 0.3) is 10.8 Å². The van der Waals surface area contributed by atoms with Crippen molar-refractivity contribution in [2.45, 2.75) is 51.0 Å². The Labute approximate surface area is 139 Å². The summed E-state index contributed by atoms with van der Waals surface area (Å²) >= 11 is 0. The Hall–Kier alpha value is -1.07. The fraction of sp³-hybridized carbons (Fsp3) is 0.474. The summed E-state index contributed by atoms with van der Waals surface area (Å²) in [7, 11) is -0.262. The van der Waals surface area contributed by atoms with E-state index in [2.05, 4.69) is 56.0 Å². The molecular formula is C19H30OSi2. The van der Waals surface area contributed by atoms with Crippen LogP contribution in [-0.4, -0.2) is 24.9 Å². The molecule has 22 heavy (non-hydrogen) atoms. The second kappa shape index (κ2) is 9.16. The average Bonchev–Trinajstić information content (AvgIpc) is 2.51. The summed E-state index contributed by atoms with van der Waals surface area (Å²) in [6, 6.07) is 16.1. The molecule has 0 atom stereocenters. The van der Waals surface area contributed by atoms with Gasteiger partial charge < -0.3 is 4.74 Å². The first kappa shape index (κ1) is 17.3. The van der Waals surface area contributed by atoms with E-state index in [0.717, 1.165) is 12.4 Å². The lowest BCUT2D eigenvalue weighted by Crippen LogP contribution is -2.00. The Kier molecular flexibility index (Phi) is 7.20. The molecule has 3 heteroatoms. The van der Waals surface area contributed by atoms with Gasteiger partial charge in [-0.05, 0) is 35.4 Å². The molecule has 0 saturated heterocycles. The van der Waals surface area contributed by atoms with Crippen molar-refractivity contribution >= 4 is 29.1 Å². The molecule has 0 aliphatic carbocycles. The summed E-state index contributed by atoms with van der Waals surface area (Å²) in [4.78, 5) is 0. The zero-order chi connectivity index (χ0) is 15.8. The zero-order valence-corrected chi connectivity index (χ0v) is 17.0. The first-order valence-corrected chi connectivity index (χ1v) is 14.4. The topological polar surface area (TPSA) is 9.23 Å². The standard InChI is InChI=1S/C19H30OSi2/c1-21-15-16-7-8-18-14-19(10-9-17(18)13-16)20-11-5-4-6-12-22(2)3/h7-10,13-14,22H,4-6,11-12,15,21H2,1-3H3. The van der Waals surface area contributed by atoms with Crippen molar-refractivity contribution in [2.75, 3.05) is 6.61 Å². The van der Waals surface area contributed by atoms with Gasteiger partial charge in [-0.15, -0.1) is 0 Å². The minimum atomic E-state index is -0.358. The van der Waals surface area contributed by atoms with E-state index in [0.29, 0.717) is 0 Å². The average molecular weight is 331 g/mol. The molecular weight excluding hydrogens is 300 g/mol.